The van der Waals surface area contributed by atoms with E-state index in [2.05, 4.69) is 21.2 Å². The number of thioether (sulfide) groups is 1. The maximum atomic E-state index is 12.4. The Hall–Kier alpha value is -2.77. The monoisotopic (exact) mass is 384 g/mol. The van der Waals surface area contributed by atoms with Crippen LogP contribution < -0.4 is 16.2 Å². The summed E-state index contributed by atoms with van der Waals surface area (Å²) in [5, 5.41) is 4.21. The van der Waals surface area contributed by atoms with Gasteiger partial charge in [-0.25, -0.2) is 0 Å². The number of fused-ring (bicyclic) bond motifs is 2. The number of aromatic nitrogens is 1. The van der Waals surface area contributed by atoms with Crippen LogP contribution in [0.25, 0.3) is 10.9 Å². The molecule has 8 heteroatoms. The number of rotatable bonds is 3. The lowest BCUT2D eigenvalue weighted by Gasteiger charge is -2.17. The van der Waals surface area contributed by atoms with E-state index in [1.807, 2.05) is 12.1 Å². The molecular formula is C18H13ClN4O2S. The fourth-order valence-corrected chi connectivity index (χ4v) is 3.61. The van der Waals surface area contributed by atoms with Gasteiger partial charge in [-0.2, -0.15) is 0 Å². The third-order valence-corrected chi connectivity index (χ3v) is 5.20. The maximum absolute atomic E-state index is 12.4. The van der Waals surface area contributed by atoms with Crippen LogP contribution >= 0.6 is 23.4 Å². The van der Waals surface area contributed by atoms with Gasteiger partial charge in [0.05, 0.1) is 22.6 Å². The van der Waals surface area contributed by atoms with E-state index in [9.17, 15) is 9.59 Å². The van der Waals surface area contributed by atoms with Gasteiger partial charge in [0.2, 0.25) is 5.91 Å². The van der Waals surface area contributed by atoms with E-state index in [0.717, 1.165) is 15.8 Å². The van der Waals surface area contributed by atoms with Gasteiger partial charge < -0.3 is 5.32 Å². The third kappa shape index (κ3) is 3.31. The topological polar surface area (TPSA) is 83.1 Å². The van der Waals surface area contributed by atoms with E-state index in [4.69, 9.17) is 11.6 Å². The molecule has 1 aliphatic heterocycles. The second-order valence-electron chi connectivity index (χ2n) is 5.65. The second kappa shape index (κ2) is 6.86. The predicted molar refractivity (Wildman–Crippen MR) is 104 cm³/mol. The van der Waals surface area contributed by atoms with Crippen molar-refractivity contribution in [1.29, 1.82) is 0 Å². The molecule has 0 saturated heterocycles. The van der Waals surface area contributed by atoms with Crippen molar-refractivity contribution in [2.45, 2.75) is 4.90 Å². The molecule has 1 aliphatic rings. The zero-order valence-electron chi connectivity index (χ0n) is 13.4. The van der Waals surface area contributed by atoms with Crippen LogP contribution in [0.4, 0.5) is 11.4 Å². The number of carbonyl (C=O) groups excluding carboxylic acids is 2. The zero-order chi connectivity index (χ0) is 18.1. The van der Waals surface area contributed by atoms with Gasteiger partial charge in [0, 0.05) is 27.1 Å². The molecule has 3 N–H and O–H groups in total. The molecule has 3 aromatic rings. The van der Waals surface area contributed by atoms with Gasteiger partial charge in [-0.3, -0.25) is 25.4 Å². The number of carbonyl (C=O) groups is 2. The minimum atomic E-state index is -0.309. The first-order valence-electron chi connectivity index (χ1n) is 7.77. The maximum Gasteiger partial charge on any atom is 0.269 e. The molecule has 0 atom stereocenters. The summed E-state index contributed by atoms with van der Waals surface area (Å²) in [7, 11) is 0. The number of nitrogens with one attached hydrogen (secondary N) is 3. The molecule has 0 bridgehead atoms. The Balaban J connectivity index is 1.53. The van der Waals surface area contributed by atoms with Gasteiger partial charge in [0.15, 0.2) is 0 Å². The molecule has 6 nitrogen and oxygen atoms in total. The lowest BCUT2D eigenvalue weighted by atomic mass is 10.2. The number of hydrazine groups is 1. The lowest BCUT2D eigenvalue weighted by Crippen LogP contribution is -2.29. The molecule has 130 valence electrons. The van der Waals surface area contributed by atoms with Gasteiger partial charge in [-0.1, -0.05) is 11.6 Å². The number of hydrogen-bond acceptors (Lipinski definition) is 5. The molecule has 0 spiro atoms. The van der Waals surface area contributed by atoms with Crippen LogP contribution in [0.3, 0.4) is 0 Å². The summed E-state index contributed by atoms with van der Waals surface area (Å²) in [5.41, 5.74) is 8.13. The minimum absolute atomic E-state index is 0.0694. The molecule has 4 rings (SSSR count). The van der Waals surface area contributed by atoms with Crippen molar-refractivity contribution in [3.63, 3.8) is 0 Å². The van der Waals surface area contributed by atoms with E-state index in [1.165, 1.54) is 11.8 Å². The largest absolute Gasteiger partial charge is 0.324 e. The summed E-state index contributed by atoms with van der Waals surface area (Å²) in [5.74, 6) is 0.0100. The van der Waals surface area contributed by atoms with E-state index < -0.39 is 0 Å². The van der Waals surface area contributed by atoms with Gasteiger partial charge >= 0.3 is 0 Å². The molecule has 26 heavy (non-hydrogen) atoms. The molecule has 2 amide bonds. The average Bonchev–Trinajstić information content (AvgIpc) is 2.65. The summed E-state index contributed by atoms with van der Waals surface area (Å²) < 4.78 is 0. The molecule has 0 saturated carbocycles. The number of amides is 2. The van der Waals surface area contributed by atoms with Crippen LogP contribution in [0.2, 0.25) is 5.02 Å². The highest BCUT2D eigenvalue weighted by molar-refractivity contribution is 8.00. The molecule has 0 aliphatic carbocycles. The molecule has 0 radical (unpaired) electrons. The normalized spacial score (nSPS) is 13.0. The number of anilines is 2. The Morgan fingerprint density at radius 3 is 2.96 bits per heavy atom. The van der Waals surface area contributed by atoms with E-state index >= 15 is 0 Å². The first kappa shape index (κ1) is 16.7. The number of pyridine rings is 1. The van der Waals surface area contributed by atoms with Gasteiger partial charge in [-0.15, -0.1) is 11.8 Å². The number of hydrogen-bond donors (Lipinski definition) is 3. The van der Waals surface area contributed by atoms with Crippen LogP contribution in [0.1, 0.15) is 10.4 Å². The summed E-state index contributed by atoms with van der Waals surface area (Å²) in [6, 6.07) is 12.4. The smallest absolute Gasteiger partial charge is 0.269 e. The van der Waals surface area contributed by atoms with Crippen molar-refractivity contribution in [2.75, 3.05) is 16.5 Å². The van der Waals surface area contributed by atoms with Crippen molar-refractivity contribution in [2.24, 2.45) is 0 Å². The highest BCUT2D eigenvalue weighted by atomic mass is 35.5. The van der Waals surface area contributed by atoms with Crippen molar-refractivity contribution in [3.8, 4) is 0 Å². The van der Waals surface area contributed by atoms with Gasteiger partial charge in [0.1, 0.15) is 0 Å². The first-order valence-corrected chi connectivity index (χ1v) is 9.14. The van der Waals surface area contributed by atoms with Crippen LogP contribution in [-0.4, -0.2) is 22.6 Å². The molecule has 0 fully saturated rings. The third-order valence-electron chi connectivity index (χ3n) is 3.89. The van der Waals surface area contributed by atoms with Gasteiger partial charge in [0.25, 0.3) is 5.91 Å². The average molecular weight is 385 g/mol. The van der Waals surface area contributed by atoms with Gasteiger partial charge in [-0.05, 0) is 42.5 Å². The standard InChI is InChI=1S/C18H13ClN4O2S/c19-11-2-3-12-13(5-6-20-14(12)8-11)22-23-18(25)10-1-4-16-15(7-10)21-17(24)9-26-16/h1-8H,9H2,(H,20,22)(H,21,24)(H,23,25). The number of nitrogens with zero attached hydrogens (tertiary/aromatic N) is 1. The van der Waals surface area contributed by atoms with Crippen molar-refractivity contribution >= 4 is 57.5 Å². The quantitative estimate of drug-likeness (QED) is 0.600. The summed E-state index contributed by atoms with van der Waals surface area (Å²) in [6.07, 6.45) is 1.64. The van der Waals surface area contributed by atoms with Crippen molar-refractivity contribution in [3.05, 3.63) is 59.2 Å². The Labute approximate surface area is 158 Å². The number of halogens is 1. The van der Waals surface area contributed by atoms with Crippen molar-refractivity contribution < 1.29 is 9.59 Å². The molecule has 2 aromatic carbocycles. The minimum Gasteiger partial charge on any atom is -0.324 e. The fourth-order valence-electron chi connectivity index (χ4n) is 2.65. The fraction of sp³-hybridized carbons (Fsp3) is 0.0556. The van der Waals surface area contributed by atoms with Crippen molar-refractivity contribution in [1.82, 2.24) is 10.4 Å². The van der Waals surface area contributed by atoms with Crippen LogP contribution in [-0.2, 0) is 4.79 Å². The molecule has 0 unspecified atom stereocenters. The van der Waals surface area contributed by atoms with E-state index in [0.29, 0.717) is 27.7 Å². The highest BCUT2D eigenvalue weighted by Gasteiger charge is 2.17. The first-order chi connectivity index (χ1) is 12.6. The Morgan fingerprint density at radius 1 is 1.19 bits per heavy atom. The summed E-state index contributed by atoms with van der Waals surface area (Å²) >= 11 is 7.44. The second-order valence-corrected chi connectivity index (χ2v) is 7.10. The lowest BCUT2D eigenvalue weighted by molar-refractivity contribution is -0.113. The summed E-state index contributed by atoms with van der Waals surface area (Å²) in [6.45, 7) is 0. The molecule has 2 heterocycles. The SMILES string of the molecule is O=C1CSc2ccc(C(=O)NNc3ccnc4cc(Cl)ccc34)cc2N1. The predicted octanol–water partition coefficient (Wildman–Crippen LogP) is 3.69. The number of benzene rings is 2. The van der Waals surface area contributed by atoms with Crippen LogP contribution in [0.15, 0.2) is 53.6 Å². The molecule has 1 aromatic heterocycles. The highest BCUT2D eigenvalue weighted by Crippen LogP contribution is 2.32. The summed E-state index contributed by atoms with van der Waals surface area (Å²) in [4.78, 5) is 29.2. The Morgan fingerprint density at radius 2 is 2.08 bits per heavy atom. The van der Waals surface area contributed by atoms with Crippen LogP contribution in [0.5, 0.6) is 0 Å². The van der Waals surface area contributed by atoms with E-state index in [-0.39, 0.29) is 11.8 Å². The van der Waals surface area contributed by atoms with E-state index in [1.54, 1.807) is 36.5 Å². The van der Waals surface area contributed by atoms with Crippen LogP contribution in [0, 0.1) is 0 Å². The Bertz CT molecular complexity index is 1040. The zero-order valence-corrected chi connectivity index (χ0v) is 14.9. The molecular weight excluding hydrogens is 372 g/mol. The Kier molecular flexibility index (Phi) is 4.40.